The Morgan fingerprint density at radius 1 is 1.47 bits per heavy atom. The minimum atomic E-state index is -0.203. The van der Waals surface area contributed by atoms with Crippen LogP contribution in [-0.2, 0) is 4.74 Å². The fourth-order valence-electron chi connectivity index (χ4n) is 2.05. The molecule has 1 aromatic carbocycles. The Kier molecular flexibility index (Phi) is 3.61. The molecule has 1 atom stereocenters. The predicted octanol–water partition coefficient (Wildman–Crippen LogP) is 2.45. The van der Waals surface area contributed by atoms with E-state index in [1.807, 2.05) is 24.3 Å². The van der Waals surface area contributed by atoms with Gasteiger partial charge < -0.3 is 10.1 Å². The topological polar surface area (TPSA) is 63.2 Å². The number of urea groups is 1. The van der Waals surface area contributed by atoms with Crippen LogP contribution in [0.5, 0.6) is 0 Å². The van der Waals surface area contributed by atoms with Gasteiger partial charge in [0.1, 0.15) is 0 Å². The van der Waals surface area contributed by atoms with E-state index in [1.165, 1.54) is 11.3 Å². The Hall–Kier alpha value is -1.66. The van der Waals surface area contributed by atoms with E-state index in [-0.39, 0.29) is 6.03 Å². The normalized spacial score (nSPS) is 18.6. The molecule has 0 radical (unpaired) electrons. The second kappa shape index (κ2) is 5.54. The highest BCUT2D eigenvalue weighted by Crippen LogP contribution is 2.25. The molecule has 1 aliphatic heterocycles. The number of fused-ring (bicyclic) bond motifs is 1. The summed E-state index contributed by atoms with van der Waals surface area (Å²) >= 11 is 1.48. The molecule has 100 valence electrons. The summed E-state index contributed by atoms with van der Waals surface area (Å²) < 4.78 is 6.34. The van der Waals surface area contributed by atoms with Crippen molar-refractivity contribution in [2.75, 3.05) is 25.1 Å². The molecule has 1 saturated heterocycles. The van der Waals surface area contributed by atoms with Crippen LogP contribution in [-0.4, -0.2) is 30.8 Å². The maximum absolute atomic E-state index is 11.7. The first-order chi connectivity index (χ1) is 9.31. The van der Waals surface area contributed by atoms with E-state index in [1.54, 1.807) is 0 Å². The van der Waals surface area contributed by atoms with Gasteiger partial charge in [0, 0.05) is 19.1 Å². The highest BCUT2D eigenvalue weighted by Gasteiger charge is 2.16. The Bertz CT molecular complexity index is 545. The van der Waals surface area contributed by atoms with Crippen molar-refractivity contribution in [1.29, 1.82) is 0 Å². The zero-order valence-electron chi connectivity index (χ0n) is 10.4. The summed E-state index contributed by atoms with van der Waals surface area (Å²) in [6, 6.07) is 7.62. The van der Waals surface area contributed by atoms with E-state index in [0.717, 1.165) is 29.9 Å². The van der Waals surface area contributed by atoms with Gasteiger partial charge in [-0.2, -0.15) is 0 Å². The number of ether oxygens (including phenoxy) is 1. The van der Waals surface area contributed by atoms with Gasteiger partial charge in [-0.05, 0) is 18.6 Å². The summed E-state index contributed by atoms with van der Waals surface area (Å²) in [4.78, 5) is 16.1. The lowest BCUT2D eigenvalue weighted by atomic mass is 10.1. The summed E-state index contributed by atoms with van der Waals surface area (Å²) in [7, 11) is 0. The number of hydrogen-bond acceptors (Lipinski definition) is 4. The number of rotatable bonds is 3. The third-order valence-electron chi connectivity index (χ3n) is 3.09. The largest absolute Gasteiger partial charge is 0.381 e. The molecule has 2 N–H and O–H groups in total. The molecular formula is C13H15N3O2S. The number of nitrogens with zero attached hydrogens (tertiary/aromatic N) is 1. The van der Waals surface area contributed by atoms with Gasteiger partial charge in [0.05, 0.1) is 16.8 Å². The Balaban J connectivity index is 1.56. The Morgan fingerprint density at radius 2 is 2.37 bits per heavy atom. The fourth-order valence-corrected chi connectivity index (χ4v) is 2.91. The lowest BCUT2D eigenvalue weighted by Gasteiger charge is -2.09. The van der Waals surface area contributed by atoms with E-state index in [2.05, 4.69) is 15.6 Å². The van der Waals surface area contributed by atoms with Gasteiger partial charge in [-0.15, -0.1) is 0 Å². The summed E-state index contributed by atoms with van der Waals surface area (Å²) in [5, 5.41) is 6.25. The van der Waals surface area contributed by atoms with Crippen LogP contribution >= 0.6 is 11.3 Å². The van der Waals surface area contributed by atoms with Crippen molar-refractivity contribution in [3.63, 3.8) is 0 Å². The predicted molar refractivity (Wildman–Crippen MR) is 75.6 cm³/mol. The molecule has 5 nitrogen and oxygen atoms in total. The number of amides is 2. The first-order valence-corrected chi connectivity index (χ1v) is 7.11. The van der Waals surface area contributed by atoms with E-state index >= 15 is 0 Å². The molecule has 2 heterocycles. The SMILES string of the molecule is O=C(NC[C@H]1CCOC1)Nc1nc2ccccc2s1. The smallest absolute Gasteiger partial charge is 0.321 e. The molecule has 1 fully saturated rings. The van der Waals surface area contributed by atoms with Crippen LogP contribution in [0, 0.1) is 5.92 Å². The number of carbonyl (C=O) groups is 1. The molecule has 3 rings (SSSR count). The molecule has 6 heteroatoms. The van der Waals surface area contributed by atoms with E-state index in [4.69, 9.17) is 4.74 Å². The quantitative estimate of drug-likeness (QED) is 0.906. The van der Waals surface area contributed by atoms with Crippen LogP contribution in [0.2, 0.25) is 0 Å². The molecule has 1 aliphatic rings. The van der Waals surface area contributed by atoms with Crippen LogP contribution in [0.25, 0.3) is 10.2 Å². The molecule has 0 saturated carbocycles. The van der Waals surface area contributed by atoms with Crippen molar-refractivity contribution in [3.8, 4) is 0 Å². The molecular weight excluding hydrogens is 262 g/mol. The van der Waals surface area contributed by atoms with Crippen LogP contribution in [0.3, 0.4) is 0 Å². The van der Waals surface area contributed by atoms with Gasteiger partial charge in [0.25, 0.3) is 0 Å². The number of hydrogen-bond donors (Lipinski definition) is 2. The Morgan fingerprint density at radius 3 is 3.16 bits per heavy atom. The van der Waals surface area contributed by atoms with Crippen LogP contribution in [0.1, 0.15) is 6.42 Å². The summed E-state index contributed by atoms with van der Waals surface area (Å²) in [5.74, 6) is 0.432. The molecule has 1 aromatic heterocycles. The fraction of sp³-hybridized carbons (Fsp3) is 0.385. The minimum Gasteiger partial charge on any atom is -0.381 e. The maximum Gasteiger partial charge on any atom is 0.321 e. The van der Waals surface area contributed by atoms with E-state index in [0.29, 0.717) is 17.6 Å². The molecule has 0 aliphatic carbocycles. The number of para-hydroxylation sites is 1. The lowest BCUT2D eigenvalue weighted by molar-refractivity contribution is 0.185. The van der Waals surface area contributed by atoms with Crippen molar-refractivity contribution in [1.82, 2.24) is 10.3 Å². The summed E-state index contributed by atoms with van der Waals surface area (Å²) in [6.45, 7) is 2.18. The molecule has 19 heavy (non-hydrogen) atoms. The van der Waals surface area contributed by atoms with Gasteiger partial charge in [0.2, 0.25) is 0 Å². The van der Waals surface area contributed by atoms with Crippen molar-refractivity contribution < 1.29 is 9.53 Å². The second-order valence-corrected chi connectivity index (χ2v) is 5.58. The van der Waals surface area contributed by atoms with Crippen molar-refractivity contribution in [2.45, 2.75) is 6.42 Å². The van der Waals surface area contributed by atoms with E-state index in [9.17, 15) is 4.79 Å². The minimum absolute atomic E-state index is 0.203. The van der Waals surface area contributed by atoms with Crippen LogP contribution in [0.4, 0.5) is 9.93 Å². The zero-order valence-corrected chi connectivity index (χ0v) is 11.2. The summed E-state index contributed by atoms with van der Waals surface area (Å²) in [6.07, 6.45) is 1.02. The number of benzene rings is 1. The third kappa shape index (κ3) is 3.02. The Labute approximate surface area is 115 Å². The van der Waals surface area contributed by atoms with Gasteiger partial charge in [-0.25, -0.2) is 9.78 Å². The lowest BCUT2D eigenvalue weighted by Crippen LogP contribution is -2.33. The zero-order chi connectivity index (χ0) is 13.1. The number of aromatic nitrogens is 1. The number of anilines is 1. The van der Waals surface area contributed by atoms with E-state index < -0.39 is 0 Å². The highest BCUT2D eigenvalue weighted by molar-refractivity contribution is 7.22. The van der Waals surface area contributed by atoms with Gasteiger partial charge in [-0.1, -0.05) is 23.5 Å². The molecule has 0 unspecified atom stereocenters. The molecule has 0 bridgehead atoms. The molecule has 0 spiro atoms. The first kappa shape index (κ1) is 12.4. The number of nitrogens with one attached hydrogen (secondary N) is 2. The van der Waals surface area contributed by atoms with Crippen molar-refractivity contribution in [3.05, 3.63) is 24.3 Å². The maximum atomic E-state index is 11.7. The molecule has 2 amide bonds. The average molecular weight is 277 g/mol. The molecule has 2 aromatic rings. The summed E-state index contributed by atoms with van der Waals surface area (Å²) in [5.41, 5.74) is 0.909. The number of carbonyl (C=O) groups excluding carboxylic acids is 1. The average Bonchev–Trinajstić information content (AvgIpc) is 3.04. The van der Waals surface area contributed by atoms with Crippen molar-refractivity contribution >= 4 is 32.7 Å². The van der Waals surface area contributed by atoms with Crippen LogP contribution in [0.15, 0.2) is 24.3 Å². The van der Waals surface area contributed by atoms with Gasteiger partial charge in [-0.3, -0.25) is 5.32 Å². The highest BCUT2D eigenvalue weighted by atomic mass is 32.1. The van der Waals surface area contributed by atoms with Gasteiger partial charge in [0.15, 0.2) is 5.13 Å². The number of thiazole rings is 1. The first-order valence-electron chi connectivity index (χ1n) is 6.29. The standard InChI is InChI=1S/C13H15N3O2S/c17-12(14-7-9-5-6-18-8-9)16-13-15-10-3-1-2-4-11(10)19-13/h1-4,9H,5-8H2,(H2,14,15,16,17)/t9-/m1/s1. The second-order valence-electron chi connectivity index (χ2n) is 4.55. The third-order valence-corrected chi connectivity index (χ3v) is 4.04. The van der Waals surface area contributed by atoms with Crippen LogP contribution < -0.4 is 10.6 Å². The van der Waals surface area contributed by atoms with Crippen molar-refractivity contribution in [2.24, 2.45) is 5.92 Å². The monoisotopic (exact) mass is 277 g/mol. The van der Waals surface area contributed by atoms with Gasteiger partial charge >= 0.3 is 6.03 Å².